The van der Waals surface area contributed by atoms with Gasteiger partial charge in [0.05, 0.1) is 0 Å². The van der Waals surface area contributed by atoms with E-state index in [2.05, 4.69) is 37.6 Å². The summed E-state index contributed by atoms with van der Waals surface area (Å²) in [6.45, 7) is 11.1. The summed E-state index contributed by atoms with van der Waals surface area (Å²) >= 11 is 0. The first kappa shape index (κ1) is 21.3. The van der Waals surface area contributed by atoms with E-state index < -0.39 is 6.43 Å². The molecule has 0 aliphatic carbocycles. The Bertz CT molecular complexity index is 568. The predicted molar refractivity (Wildman–Crippen MR) is 97.3 cm³/mol. The number of aromatic nitrogens is 1. The van der Waals surface area contributed by atoms with Crippen molar-refractivity contribution in [3.05, 3.63) is 23.4 Å². The molecule has 0 atom stereocenters. The molecular formula is C18H30F2N4O. The lowest BCUT2D eigenvalue weighted by Gasteiger charge is -2.33. The van der Waals surface area contributed by atoms with Crippen molar-refractivity contribution < 1.29 is 13.6 Å². The van der Waals surface area contributed by atoms with Crippen LogP contribution in [-0.2, 0) is 0 Å². The third-order valence-electron chi connectivity index (χ3n) is 4.00. The molecule has 0 bridgehead atoms. The highest BCUT2D eigenvalue weighted by Crippen LogP contribution is 2.23. The molecule has 1 aromatic heterocycles. The molecule has 0 saturated carbocycles. The van der Waals surface area contributed by atoms with Gasteiger partial charge < -0.3 is 4.90 Å². The molecule has 2 amide bonds. The fourth-order valence-electron chi connectivity index (χ4n) is 2.80. The molecule has 142 valence electrons. The molecule has 0 fully saturated rings. The van der Waals surface area contributed by atoms with E-state index >= 15 is 0 Å². The minimum absolute atomic E-state index is 0.265. The molecule has 1 heterocycles. The van der Waals surface area contributed by atoms with Crippen molar-refractivity contribution in [1.82, 2.24) is 14.8 Å². The zero-order valence-corrected chi connectivity index (χ0v) is 16.3. The normalized spacial score (nSPS) is 11.7. The monoisotopic (exact) mass is 356 g/mol. The standard InChI is InChI=1S/C18H30F2N4O/c1-12(2)23(13(3)4)8-9-24(18(25)22(6)7)16-11-14(5)10-15(21-16)17(19)20/h10-13,17H,8-9H2,1-7H3. The largest absolute Gasteiger partial charge is 0.330 e. The lowest BCUT2D eigenvalue weighted by atomic mass is 10.2. The highest BCUT2D eigenvalue weighted by Gasteiger charge is 2.23. The van der Waals surface area contributed by atoms with Gasteiger partial charge in [0, 0.05) is 39.3 Å². The maximum Gasteiger partial charge on any atom is 0.325 e. The molecule has 0 aromatic carbocycles. The van der Waals surface area contributed by atoms with Crippen LogP contribution in [0.25, 0.3) is 0 Å². The lowest BCUT2D eigenvalue weighted by molar-refractivity contribution is 0.146. The Morgan fingerprint density at radius 2 is 1.64 bits per heavy atom. The van der Waals surface area contributed by atoms with Crippen molar-refractivity contribution in [2.45, 2.75) is 53.1 Å². The smallest absolute Gasteiger partial charge is 0.325 e. The van der Waals surface area contributed by atoms with Gasteiger partial charge in [0.25, 0.3) is 6.43 Å². The second kappa shape index (κ2) is 9.08. The Morgan fingerprint density at radius 1 is 1.08 bits per heavy atom. The van der Waals surface area contributed by atoms with E-state index in [-0.39, 0.29) is 17.5 Å². The van der Waals surface area contributed by atoms with Gasteiger partial charge in [-0.1, -0.05) is 0 Å². The minimum atomic E-state index is -2.67. The topological polar surface area (TPSA) is 39.7 Å². The van der Waals surface area contributed by atoms with Crippen LogP contribution in [0.1, 0.15) is 45.4 Å². The van der Waals surface area contributed by atoms with Gasteiger partial charge in [-0.2, -0.15) is 0 Å². The van der Waals surface area contributed by atoms with E-state index in [9.17, 15) is 13.6 Å². The number of carbonyl (C=O) groups is 1. The first-order chi connectivity index (χ1) is 11.5. The summed E-state index contributed by atoms with van der Waals surface area (Å²) in [7, 11) is 3.28. The molecule has 0 radical (unpaired) electrons. The Morgan fingerprint density at radius 3 is 2.08 bits per heavy atom. The van der Waals surface area contributed by atoms with Crippen molar-refractivity contribution in [1.29, 1.82) is 0 Å². The molecule has 0 aliphatic heterocycles. The Hall–Kier alpha value is -1.76. The predicted octanol–water partition coefficient (Wildman–Crippen LogP) is 3.93. The lowest BCUT2D eigenvalue weighted by Crippen LogP contribution is -2.47. The van der Waals surface area contributed by atoms with Crippen molar-refractivity contribution in [2.75, 3.05) is 32.1 Å². The summed E-state index contributed by atoms with van der Waals surface area (Å²) in [5.74, 6) is 0.265. The number of aryl methyl sites for hydroxylation is 1. The molecule has 0 unspecified atom stereocenters. The maximum absolute atomic E-state index is 13.1. The van der Waals surface area contributed by atoms with Gasteiger partial charge in [-0.05, 0) is 52.3 Å². The molecule has 0 spiro atoms. The van der Waals surface area contributed by atoms with Crippen LogP contribution in [-0.4, -0.2) is 60.1 Å². The fraction of sp³-hybridized carbons (Fsp3) is 0.667. The summed E-state index contributed by atoms with van der Waals surface area (Å²) in [6, 6.07) is 3.38. The zero-order valence-electron chi connectivity index (χ0n) is 16.3. The number of amides is 2. The molecule has 0 saturated heterocycles. The number of carbonyl (C=O) groups excluding carboxylic acids is 1. The average molecular weight is 356 g/mol. The number of rotatable bonds is 7. The van der Waals surface area contributed by atoms with Gasteiger partial charge in [0.1, 0.15) is 11.5 Å². The van der Waals surface area contributed by atoms with Crippen molar-refractivity contribution in [2.24, 2.45) is 0 Å². The SMILES string of the molecule is Cc1cc(C(F)F)nc(N(CCN(C(C)C)C(C)C)C(=O)N(C)C)c1. The number of halogens is 2. The van der Waals surface area contributed by atoms with E-state index in [0.29, 0.717) is 30.7 Å². The number of urea groups is 1. The van der Waals surface area contributed by atoms with Gasteiger partial charge in [0.15, 0.2) is 0 Å². The molecule has 1 rings (SSSR count). The van der Waals surface area contributed by atoms with Gasteiger partial charge in [-0.3, -0.25) is 9.80 Å². The third-order valence-corrected chi connectivity index (χ3v) is 4.00. The summed E-state index contributed by atoms with van der Waals surface area (Å²) in [6.07, 6.45) is -2.67. The number of alkyl halides is 2. The number of pyridine rings is 1. The molecule has 1 aromatic rings. The van der Waals surface area contributed by atoms with Gasteiger partial charge in [0.2, 0.25) is 0 Å². The molecule has 25 heavy (non-hydrogen) atoms. The Balaban J connectivity index is 3.16. The van der Waals surface area contributed by atoms with Crippen LogP contribution < -0.4 is 4.90 Å². The number of nitrogens with zero attached hydrogens (tertiary/aromatic N) is 4. The van der Waals surface area contributed by atoms with E-state index in [4.69, 9.17) is 0 Å². The van der Waals surface area contributed by atoms with Crippen molar-refractivity contribution in [3.8, 4) is 0 Å². The highest BCUT2D eigenvalue weighted by molar-refractivity contribution is 5.90. The van der Waals surface area contributed by atoms with E-state index in [1.165, 1.54) is 15.9 Å². The van der Waals surface area contributed by atoms with Crippen LogP contribution in [0, 0.1) is 6.92 Å². The third kappa shape index (κ3) is 5.92. The van der Waals surface area contributed by atoms with Crippen molar-refractivity contribution in [3.63, 3.8) is 0 Å². The van der Waals surface area contributed by atoms with E-state index in [0.717, 1.165) is 0 Å². The average Bonchev–Trinajstić information content (AvgIpc) is 2.49. The quantitative estimate of drug-likeness (QED) is 0.743. The summed E-state index contributed by atoms with van der Waals surface area (Å²) < 4.78 is 26.2. The van der Waals surface area contributed by atoms with Crippen LogP contribution in [0.15, 0.2) is 12.1 Å². The molecular weight excluding hydrogens is 326 g/mol. The first-order valence-corrected chi connectivity index (χ1v) is 8.55. The van der Waals surface area contributed by atoms with E-state index in [1.807, 2.05) is 0 Å². The van der Waals surface area contributed by atoms with Gasteiger partial charge in [-0.15, -0.1) is 0 Å². The number of hydrogen-bond donors (Lipinski definition) is 0. The Kier molecular flexibility index (Phi) is 7.73. The molecule has 7 heteroatoms. The van der Waals surface area contributed by atoms with Crippen LogP contribution >= 0.6 is 0 Å². The highest BCUT2D eigenvalue weighted by atomic mass is 19.3. The van der Waals surface area contributed by atoms with Gasteiger partial charge >= 0.3 is 6.03 Å². The second-order valence-corrected chi connectivity index (χ2v) is 6.98. The van der Waals surface area contributed by atoms with Crippen LogP contribution in [0.4, 0.5) is 19.4 Å². The zero-order chi connectivity index (χ0) is 19.3. The molecule has 5 nitrogen and oxygen atoms in total. The van der Waals surface area contributed by atoms with Crippen LogP contribution in [0.5, 0.6) is 0 Å². The minimum Gasteiger partial charge on any atom is -0.330 e. The van der Waals surface area contributed by atoms with Gasteiger partial charge in [-0.25, -0.2) is 18.6 Å². The molecule has 0 N–H and O–H groups in total. The van der Waals surface area contributed by atoms with E-state index in [1.54, 1.807) is 27.1 Å². The maximum atomic E-state index is 13.1. The number of hydrogen-bond acceptors (Lipinski definition) is 3. The first-order valence-electron chi connectivity index (χ1n) is 8.55. The summed E-state index contributed by atoms with van der Waals surface area (Å²) in [5.41, 5.74) is 0.345. The molecule has 0 aliphatic rings. The van der Waals surface area contributed by atoms with Crippen molar-refractivity contribution >= 4 is 11.8 Å². The van der Waals surface area contributed by atoms with Crippen LogP contribution in [0.3, 0.4) is 0 Å². The Labute approximate surface area is 149 Å². The number of anilines is 1. The second-order valence-electron chi connectivity index (χ2n) is 6.98. The summed E-state index contributed by atoms with van der Waals surface area (Å²) in [5, 5.41) is 0. The van der Waals surface area contributed by atoms with Crippen LogP contribution in [0.2, 0.25) is 0 Å². The summed E-state index contributed by atoms with van der Waals surface area (Å²) in [4.78, 5) is 21.8. The fourth-order valence-corrected chi connectivity index (χ4v) is 2.80.